The number of allylic oxidation sites excluding steroid dienone is 1. The third kappa shape index (κ3) is 4.60. The molecule has 7 nitrogen and oxygen atoms in total. The van der Waals surface area contributed by atoms with Gasteiger partial charge in [0, 0.05) is 0 Å². The number of carbonyl (C=O) groups excluding carboxylic acids is 1. The van der Waals surface area contributed by atoms with E-state index in [1.54, 1.807) is 37.8 Å². The zero-order chi connectivity index (χ0) is 26.2. The molecular weight excluding hydrogens is 476 g/mol. The fourth-order valence-corrected chi connectivity index (χ4v) is 5.31. The number of rotatable bonds is 5. The summed E-state index contributed by atoms with van der Waals surface area (Å²) in [5.41, 5.74) is 3.44. The summed E-state index contributed by atoms with van der Waals surface area (Å²) in [6, 6.07) is 12.8. The van der Waals surface area contributed by atoms with Crippen LogP contribution in [0, 0.1) is 0 Å². The molecule has 188 valence electrons. The Hall–Kier alpha value is -3.65. The first kappa shape index (κ1) is 25.4. The highest BCUT2D eigenvalue weighted by Crippen LogP contribution is 2.36. The van der Waals surface area contributed by atoms with Crippen LogP contribution in [-0.2, 0) is 14.9 Å². The summed E-state index contributed by atoms with van der Waals surface area (Å²) in [5.74, 6) is 0.505. The van der Waals surface area contributed by atoms with Gasteiger partial charge < -0.3 is 14.2 Å². The summed E-state index contributed by atoms with van der Waals surface area (Å²) in [6.07, 6.45) is 1.86. The van der Waals surface area contributed by atoms with Crippen molar-refractivity contribution >= 4 is 23.4 Å². The van der Waals surface area contributed by atoms with Gasteiger partial charge in [-0.25, -0.2) is 9.79 Å². The first-order valence-electron chi connectivity index (χ1n) is 11.5. The minimum absolute atomic E-state index is 0.0408. The third-order valence-corrected chi connectivity index (χ3v) is 7.21. The quantitative estimate of drug-likeness (QED) is 0.493. The Balaban J connectivity index is 1.92. The van der Waals surface area contributed by atoms with Gasteiger partial charge in [0.1, 0.15) is 0 Å². The standard InChI is InChI=1S/C28H30N2O5S/c1-16-23(26(32)35-7)24(18-10-13-20(33-5)21(15-18)34-6)30-25(31)22(36-27(30)29-16)14-17-8-11-19(12-9-17)28(2,3)4/h8-15,24H,1-7H3/b22-14+/t24-/m0/s1. The molecule has 0 bridgehead atoms. The topological polar surface area (TPSA) is 79.1 Å². The predicted octanol–water partition coefficient (Wildman–Crippen LogP) is 3.72. The fraction of sp³-hybridized carbons (Fsp3) is 0.321. The Kier molecular flexibility index (Phi) is 6.91. The number of hydrogen-bond acceptors (Lipinski definition) is 7. The van der Waals surface area contributed by atoms with Crippen LogP contribution in [0.4, 0.5) is 0 Å². The van der Waals surface area contributed by atoms with Crippen molar-refractivity contribution in [2.45, 2.75) is 39.2 Å². The number of fused-ring (bicyclic) bond motifs is 1. The Bertz CT molecular complexity index is 1520. The summed E-state index contributed by atoms with van der Waals surface area (Å²) >= 11 is 1.29. The summed E-state index contributed by atoms with van der Waals surface area (Å²) < 4.78 is 18.0. The largest absolute Gasteiger partial charge is 0.493 e. The van der Waals surface area contributed by atoms with Gasteiger partial charge in [-0.15, -0.1) is 0 Å². The predicted molar refractivity (Wildman–Crippen MR) is 140 cm³/mol. The van der Waals surface area contributed by atoms with E-state index >= 15 is 0 Å². The lowest BCUT2D eigenvalue weighted by atomic mass is 9.87. The van der Waals surface area contributed by atoms with E-state index < -0.39 is 12.0 Å². The minimum Gasteiger partial charge on any atom is -0.493 e. The second-order valence-electron chi connectivity index (χ2n) is 9.56. The number of esters is 1. The molecule has 0 amide bonds. The van der Waals surface area contributed by atoms with E-state index in [4.69, 9.17) is 14.2 Å². The molecule has 2 aromatic carbocycles. The number of benzene rings is 2. The Morgan fingerprint density at radius 3 is 2.28 bits per heavy atom. The monoisotopic (exact) mass is 506 g/mol. The molecule has 0 fully saturated rings. The third-order valence-electron chi connectivity index (χ3n) is 6.22. The maximum atomic E-state index is 13.7. The van der Waals surface area contributed by atoms with Gasteiger partial charge in [0.15, 0.2) is 16.3 Å². The molecule has 1 aromatic heterocycles. The minimum atomic E-state index is -0.723. The fourth-order valence-electron chi connectivity index (χ4n) is 4.26. The van der Waals surface area contributed by atoms with Crippen LogP contribution in [-0.4, -0.2) is 31.9 Å². The molecule has 1 aliphatic rings. The number of nitrogens with zero attached hydrogens (tertiary/aromatic N) is 2. The van der Waals surface area contributed by atoms with E-state index in [-0.39, 0.29) is 11.0 Å². The van der Waals surface area contributed by atoms with E-state index in [0.717, 1.165) is 5.56 Å². The zero-order valence-electron chi connectivity index (χ0n) is 21.5. The van der Waals surface area contributed by atoms with Gasteiger partial charge in [-0.05, 0) is 47.2 Å². The molecule has 0 aliphatic carbocycles. The van der Waals surface area contributed by atoms with Crippen LogP contribution in [0.15, 0.2) is 63.5 Å². The summed E-state index contributed by atoms with van der Waals surface area (Å²) in [5, 5.41) is 0. The van der Waals surface area contributed by atoms with E-state index in [2.05, 4.69) is 37.9 Å². The van der Waals surface area contributed by atoms with Crippen LogP contribution in [0.2, 0.25) is 0 Å². The normalized spacial score (nSPS) is 15.9. The number of carbonyl (C=O) groups is 1. The van der Waals surface area contributed by atoms with Crippen molar-refractivity contribution in [1.29, 1.82) is 0 Å². The molecule has 1 aliphatic heterocycles. The van der Waals surface area contributed by atoms with Gasteiger partial charge in [0.25, 0.3) is 5.56 Å². The van der Waals surface area contributed by atoms with Crippen molar-refractivity contribution in [2.24, 2.45) is 4.99 Å². The van der Waals surface area contributed by atoms with Crippen molar-refractivity contribution in [1.82, 2.24) is 4.57 Å². The van der Waals surface area contributed by atoms with Crippen LogP contribution >= 0.6 is 11.3 Å². The molecule has 0 saturated heterocycles. The smallest absolute Gasteiger partial charge is 0.338 e. The summed E-state index contributed by atoms with van der Waals surface area (Å²) in [7, 11) is 4.42. The van der Waals surface area contributed by atoms with Crippen LogP contribution in [0.1, 0.15) is 50.4 Å². The van der Waals surface area contributed by atoms with E-state index in [1.165, 1.54) is 24.0 Å². The van der Waals surface area contributed by atoms with Crippen molar-refractivity contribution in [3.05, 3.63) is 90.1 Å². The maximum Gasteiger partial charge on any atom is 0.338 e. The molecule has 0 saturated carbocycles. The summed E-state index contributed by atoms with van der Waals surface area (Å²) in [6.45, 7) is 8.24. The van der Waals surface area contributed by atoms with Gasteiger partial charge in [-0.1, -0.05) is 62.4 Å². The molecule has 1 atom stereocenters. The molecule has 36 heavy (non-hydrogen) atoms. The maximum absolute atomic E-state index is 13.7. The number of thiazole rings is 1. The highest BCUT2D eigenvalue weighted by molar-refractivity contribution is 7.07. The highest BCUT2D eigenvalue weighted by Gasteiger charge is 2.33. The first-order chi connectivity index (χ1) is 17.1. The Labute approximate surface area is 214 Å². The number of ether oxygens (including phenoxy) is 3. The molecule has 4 rings (SSSR count). The number of aromatic nitrogens is 1. The van der Waals surface area contributed by atoms with Crippen molar-refractivity contribution in [2.75, 3.05) is 21.3 Å². The molecule has 3 aromatic rings. The summed E-state index contributed by atoms with van der Waals surface area (Å²) in [4.78, 5) is 31.7. The average Bonchev–Trinajstić information content (AvgIpc) is 3.16. The average molecular weight is 507 g/mol. The second kappa shape index (κ2) is 9.78. The van der Waals surface area contributed by atoms with Crippen molar-refractivity contribution in [3.8, 4) is 11.5 Å². The lowest BCUT2D eigenvalue weighted by Gasteiger charge is -2.25. The SMILES string of the molecule is COC(=O)C1=C(C)N=c2s/c(=C/c3ccc(C(C)(C)C)cc3)c(=O)n2[C@H]1c1ccc(OC)c(OC)c1. The molecule has 0 N–H and O–H groups in total. The lowest BCUT2D eigenvalue weighted by Crippen LogP contribution is -2.39. The first-order valence-corrected chi connectivity index (χ1v) is 12.3. The lowest BCUT2D eigenvalue weighted by molar-refractivity contribution is -0.136. The van der Waals surface area contributed by atoms with Gasteiger partial charge in [0.2, 0.25) is 0 Å². The van der Waals surface area contributed by atoms with E-state index in [9.17, 15) is 9.59 Å². The zero-order valence-corrected chi connectivity index (χ0v) is 22.4. The van der Waals surface area contributed by atoms with E-state index in [1.807, 2.05) is 24.3 Å². The molecule has 8 heteroatoms. The van der Waals surface area contributed by atoms with Gasteiger partial charge >= 0.3 is 5.97 Å². The van der Waals surface area contributed by atoms with Crippen LogP contribution < -0.4 is 24.4 Å². The number of hydrogen-bond donors (Lipinski definition) is 0. The second-order valence-corrected chi connectivity index (χ2v) is 10.6. The molecular formula is C28H30N2O5S. The van der Waals surface area contributed by atoms with Gasteiger partial charge in [-0.2, -0.15) is 0 Å². The van der Waals surface area contributed by atoms with Crippen LogP contribution in [0.25, 0.3) is 6.08 Å². The highest BCUT2D eigenvalue weighted by atomic mass is 32.1. The van der Waals surface area contributed by atoms with Crippen molar-refractivity contribution in [3.63, 3.8) is 0 Å². The number of methoxy groups -OCH3 is 3. The van der Waals surface area contributed by atoms with Crippen LogP contribution in [0.3, 0.4) is 0 Å². The van der Waals surface area contributed by atoms with E-state index in [0.29, 0.717) is 37.7 Å². The molecule has 0 unspecified atom stereocenters. The van der Waals surface area contributed by atoms with Crippen molar-refractivity contribution < 1.29 is 19.0 Å². The van der Waals surface area contributed by atoms with Gasteiger partial charge in [-0.3, -0.25) is 9.36 Å². The van der Waals surface area contributed by atoms with Gasteiger partial charge in [0.05, 0.1) is 43.2 Å². The molecule has 0 radical (unpaired) electrons. The molecule has 2 heterocycles. The Morgan fingerprint density at radius 1 is 1.03 bits per heavy atom. The Morgan fingerprint density at radius 2 is 1.69 bits per heavy atom. The molecule has 0 spiro atoms. The van der Waals surface area contributed by atoms with Crippen LogP contribution in [0.5, 0.6) is 11.5 Å².